The topological polar surface area (TPSA) is 75.7 Å². The van der Waals surface area contributed by atoms with Gasteiger partial charge >= 0.3 is 0 Å². The second-order valence-electron chi connectivity index (χ2n) is 6.80. The zero-order chi connectivity index (χ0) is 20.9. The van der Waals surface area contributed by atoms with Gasteiger partial charge in [-0.2, -0.15) is 4.31 Å². The van der Waals surface area contributed by atoms with E-state index in [-0.39, 0.29) is 16.7 Å². The van der Waals surface area contributed by atoms with E-state index in [9.17, 15) is 13.2 Å². The van der Waals surface area contributed by atoms with Gasteiger partial charge in [-0.1, -0.05) is 6.07 Å². The van der Waals surface area contributed by atoms with Crippen LogP contribution in [0, 0.1) is 5.92 Å². The number of ether oxygens (including phenoxy) is 1. The summed E-state index contributed by atoms with van der Waals surface area (Å²) in [5.41, 5.74) is 0.770. The minimum atomic E-state index is -3.57. The van der Waals surface area contributed by atoms with Gasteiger partial charge in [0.15, 0.2) is 0 Å². The summed E-state index contributed by atoms with van der Waals surface area (Å²) in [6.07, 6.45) is 3.00. The second-order valence-corrected chi connectivity index (χ2v) is 9.62. The largest absolute Gasteiger partial charge is 0.494 e. The van der Waals surface area contributed by atoms with Crippen LogP contribution < -0.4 is 10.1 Å². The molecule has 2 aromatic rings. The Morgan fingerprint density at radius 3 is 2.48 bits per heavy atom. The summed E-state index contributed by atoms with van der Waals surface area (Å²) in [6, 6.07) is 14.2. The number of piperidine rings is 1. The number of carbonyl (C=O) groups is 1. The molecule has 156 valence electrons. The van der Waals surface area contributed by atoms with Gasteiger partial charge in [-0.25, -0.2) is 8.42 Å². The van der Waals surface area contributed by atoms with E-state index in [4.69, 9.17) is 4.74 Å². The predicted molar refractivity (Wildman–Crippen MR) is 116 cm³/mol. The van der Waals surface area contributed by atoms with Crippen LogP contribution in [0.3, 0.4) is 0 Å². The van der Waals surface area contributed by atoms with Crippen molar-refractivity contribution in [1.29, 1.82) is 0 Å². The number of carbonyl (C=O) groups excluding carboxylic acids is 1. The van der Waals surface area contributed by atoms with Gasteiger partial charge < -0.3 is 10.1 Å². The SMILES string of the molecule is CCOc1ccc(S(=O)(=O)N2CCC(C(=O)Nc3cccc(SC)c3)CC2)cc1. The Morgan fingerprint density at radius 2 is 1.86 bits per heavy atom. The third-order valence-electron chi connectivity index (χ3n) is 4.93. The molecule has 1 aliphatic rings. The second kappa shape index (κ2) is 9.65. The number of nitrogens with one attached hydrogen (secondary N) is 1. The average Bonchev–Trinajstić information content (AvgIpc) is 2.74. The lowest BCUT2D eigenvalue weighted by Gasteiger charge is -2.30. The highest BCUT2D eigenvalue weighted by Crippen LogP contribution is 2.26. The van der Waals surface area contributed by atoms with Gasteiger partial charge in [0.1, 0.15) is 5.75 Å². The molecule has 0 aliphatic carbocycles. The van der Waals surface area contributed by atoms with E-state index < -0.39 is 10.0 Å². The molecule has 0 bridgehead atoms. The van der Waals surface area contributed by atoms with E-state index in [1.807, 2.05) is 37.4 Å². The van der Waals surface area contributed by atoms with E-state index in [1.165, 1.54) is 4.31 Å². The minimum Gasteiger partial charge on any atom is -0.494 e. The molecule has 6 nitrogen and oxygen atoms in total. The maximum absolute atomic E-state index is 12.9. The van der Waals surface area contributed by atoms with Crippen LogP contribution >= 0.6 is 11.8 Å². The van der Waals surface area contributed by atoms with Gasteiger partial charge in [0.05, 0.1) is 11.5 Å². The molecule has 1 amide bonds. The van der Waals surface area contributed by atoms with Gasteiger partial charge in [0, 0.05) is 29.6 Å². The molecule has 0 unspecified atom stereocenters. The van der Waals surface area contributed by atoms with Crippen LogP contribution in [0.1, 0.15) is 19.8 Å². The smallest absolute Gasteiger partial charge is 0.243 e. The number of amides is 1. The van der Waals surface area contributed by atoms with Crippen molar-refractivity contribution in [3.8, 4) is 5.75 Å². The monoisotopic (exact) mass is 434 g/mol. The number of anilines is 1. The van der Waals surface area contributed by atoms with Crippen molar-refractivity contribution < 1.29 is 17.9 Å². The van der Waals surface area contributed by atoms with Gasteiger partial charge in [-0.15, -0.1) is 11.8 Å². The third kappa shape index (κ3) is 5.32. The van der Waals surface area contributed by atoms with E-state index in [2.05, 4.69) is 5.32 Å². The summed E-state index contributed by atoms with van der Waals surface area (Å²) in [5, 5.41) is 2.96. The molecule has 1 fully saturated rings. The van der Waals surface area contributed by atoms with E-state index >= 15 is 0 Å². The Labute approximate surface area is 176 Å². The van der Waals surface area contributed by atoms with E-state index in [0.717, 1.165) is 10.6 Å². The number of benzene rings is 2. The molecule has 29 heavy (non-hydrogen) atoms. The van der Waals surface area contributed by atoms with Crippen molar-refractivity contribution in [2.75, 3.05) is 31.3 Å². The third-order valence-corrected chi connectivity index (χ3v) is 7.57. The number of nitrogens with zero attached hydrogens (tertiary/aromatic N) is 1. The number of thioether (sulfide) groups is 1. The fraction of sp³-hybridized carbons (Fsp3) is 0.381. The summed E-state index contributed by atoms with van der Waals surface area (Å²) < 4.78 is 32.6. The van der Waals surface area contributed by atoms with Crippen LogP contribution in [0.15, 0.2) is 58.3 Å². The van der Waals surface area contributed by atoms with E-state index in [0.29, 0.717) is 38.3 Å². The van der Waals surface area contributed by atoms with Gasteiger partial charge in [0.25, 0.3) is 0 Å². The quantitative estimate of drug-likeness (QED) is 0.670. The van der Waals surface area contributed by atoms with Crippen LogP contribution in [0.25, 0.3) is 0 Å². The zero-order valence-electron chi connectivity index (χ0n) is 16.6. The standard InChI is InChI=1S/C21H26N2O4S2/c1-3-27-18-7-9-20(10-8-18)29(25,26)23-13-11-16(12-14-23)21(24)22-17-5-4-6-19(15-17)28-2/h4-10,15-16H,3,11-14H2,1-2H3,(H,22,24). The van der Waals surface area contributed by atoms with Crippen molar-refractivity contribution in [3.05, 3.63) is 48.5 Å². The van der Waals surface area contributed by atoms with Crippen molar-refractivity contribution in [2.24, 2.45) is 5.92 Å². The molecular formula is C21H26N2O4S2. The number of sulfonamides is 1. The summed E-state index contributed by atoms with van der Waals surface area (Å²) in [6.45, 7) is 3.07. The molecule has 3 rings (SSSR count). The van der Waals surface area contributed by atoms with Crippen LogP contribution in [-0.2, 0) is 14.8 Å². The first-order valence-electron chi connectivity index (χ1n) is 9.62. The van der Waals surface area contributed by atoms with E-state index in [1.54, 1.807) is 36.0 Å². The van der Waals surface area contributed by atoms with Gasteiger partial charge in [-0.3, -0.25) is 4.79 Å². The van der Waals surface area contributed by atoms with Crippen LogP contribution in [0.2, 0.25) is 0 Å². The average molecular weight is 435 g/mol. The molecule has 1 saturated heterocycles. The Morgan fingerprint density at radius 1 is 1.17 bits per heavy atom. The first-order valence-corrected chi connectivity index (χ1v) is 12.3. The Balaban J connectivity index is 1.59. The molecule has 0 atom stereocenters. The van der Waals surface area contributed by atoms with Crippen LogP contribution in [0.5, 0.6) is 5.75 Å². The maximum atomic E-state index is 12.9. The molecule has 8 heteroatoms. The van der Waals surface area contributed by atoms with Crippen molar-refractivity contribution in [3.63, 3.8) is 0 Å². The molecule has 1 aliphatic heterocycles. The normalized spacial score (nSPS) is 15.8. The summed E-state index contributed by atoms with van der Waals surface area (Å²) in [7, 11) is -3.57. The lowest BCUT2D eigenvalue weighted by molar-refractivity contribution is -0.120. The highest BCUT2D eigenvalue weighted by Gasteiger charge is 2.32. The maximum Gasteiger partial charge on any atom is 0.243 e. The molecule has 0 spiro atoms. The van der Waals surface area contributed by atoms with Crippen LogP contribution in [-0.4, -0.2) is 44.6 Å². The summed E-state index contributed by atoms with van der Waals surface area (Å²) in [5.74, 6) is 0.397. The first kappa shape index (κ1) is 21.7. The lowest BCUT2D eigenvalue weighted by atomic mass is 9.97. The molecule has 0 aromatic heterocycles. The Kier molecular flexibility index (Phi) is 7.21. The first-order chi connectivity index (χ1) is 13.9. The molecule has 2 aromatic carbocycles. The summed E-state index contributed by atoms with van der Waals surface area (Å²) in [4.78, 5) is 13.9. The Bertz CT molecular complexity index is 937. The molecule has 0 radical (unpaired) electrons. The van der Waals surface area contributed by atoms with Crippen molar-refractivity contribution in [1.82, 2.24) is 4.31 Å². The highest BCUT2D eigenvalue weighted by atomic mass is 32.2. The minimum absolute atomic E-state index is 0.0543. The fourth-order valence-corrected chi connectivity index (χ4v) is 5.26. The molecule has 1 N–H and O–H groups in total. The fourth-order valence-electron chi connectivity index (χ4n) is 3.33. The predicted octanol–water partition coefficient (Wildman–Crippen LogP) is 3.85. The number of hydrogen-bond acceptors (Lipinski definition) is 5. The van der Waals surface area contributed by atoms with Gasteiger partial charge in [-0.05, 0) is 68.5 Å². The molecule has 0 saturated carbocycles. The number of hydrogen-bond donors (Lipinski definition) is 1. The lowest BCUT2D eigenvalue weighted by Crippen LogP contribution is -2.41. The molecular weight excluding hydrogens is 408 g/mol. The van der Waals surface area contributed by atoms with Crippen molar-refractivity contribution >= 4 is 33.4 Å². The summed E-state index contributed by atoms with van der Waals surface area (Å²) >= 11 is 1.62. The van der Waals surface area contributed by atoms with Crippen LogP contribution in [0.4, 0.5) is 5.69 Å². The van der Waals surface area contributed by atoms with Crippen molar-refractivity contribution in [2.45, 2.75) is 29.6 Å². The zero-order valence-corrected chi connectivity index (χ0v) is 18.3. The molecule has 1 heterocycles. The highest BCUT2D eigenvalue weighted by molar-refractivity contribution is 7.98. The number of rotatable bonds is 7. The van der Waals surface area contributed by atoms with Gasteiger partial charge in [0.2, 0.25) is 15.9 Å². The Hall–Kier alpha value is -2.03.